The summed E-state index contributed by atoms with van der Waals surface area (Å²) in [5.74, 6) is -1.57. The quantitative estimate of drug-likeness (QED) is 0.399. The smallest absolute Gasteiger partial charge is 0.338 e. The number of nitro groups is 1. The fourth-order valence-corrected chi connectivity index (χ4v) is 3.39. The number of nitrogens with one attached hydrogen (secondary N) is 1. The minimum absolute atomic E-state index is 0.000928. The molecular formula is C22H24N4O6. The van der Waals surface area contributed by atoms with E-state index in [4.69, 9.17) is 4.74 Å². The van der Waals surface area contributed by atoms with Crippen molar-refractivity contribution < 1.29 is 24.0 Å². The first-order chi connectivity index (χ1) is 15.3. The minimum Gasteiger partial charge on any atom is -0.452 e. The highest BCUT2D eigenvalue weighted by molar-refractivity contribution is 5.97. The number of nitrogens with zero attached hydrogens (tertiary/aromatic N) is 3. The van der Waals surface area contributed by atoms with Crippen LogP contribution in [-0.4, -0.2) is 61.4 Å². The largest absolute Gasteiger partial charge is 0.452 e. The van der Waals surface area contributed by atoms with Crippen molar-refractivity contribution in [1.82, 2.24) is 4.90 Å². The number of esters is 1. The maximum Gasteiger partial charge on any atom is 0.338 e. The van der Waals surface area contributed by atoms with E-state index >= 15 is 0 Å². The molecule has 0 bridgehead atoms. The van der Waals surface area contributed by atoms with E-state index in [0.717, 1.165) is 25.9 Å². The lowest BCUT2D eigenvalue weighted by atomic mass is 10.1. The van der Waals surface area contributed by atoms with Crippen molar-refractivity contribution in [2.45, 2.75) is 12.8 Å². The molecular weight excluding hydrogens is 416 g/mol. The van der Waals surface area contributed by atoms with Gasteiger partial charge in [0.05, 0.1) is 10.5 Å². The number of rotatable bonds is 7. The molecule has 0 atom stereocenters. The molecule has 0 unspecified atom stereocenters. The summed E-state index contributed by atoms with van der Waals surface area (Å²) in [6.07, 6.45) is 1.93. The van der Waals surface area contributed by atoms with Gasteiger partial charge in [0, 0.05) is 44.5 Å². The molecule has 168 valence electrons. The van der Waals surface area contributed by atoms with E-state index < -0.39 is 23.4 Å². The van der Waals surface area contributed by atoms with E-state index in [9.17, 15) is 24.5 Å². The van der Waals surface area contributed by atoms with Gasteiger partial charge in [0.2, 0.25) is 0 Å². The fourth-order valence-electron chi connectivity index (χ4n) is 3.39. The third-order valence-electron chi connectivity index (χ3n) is 5.01. The summed E-state index contributed by atoms with van der Waals surface area (Å²) in [4.78, 5) is 50.6. The summed E-state index contributed by atoms with van der Waals surface area (Å²) < 4.78 is 5.01. The number of anilines is 2. The Morgan fingerprint density at radius 3 is 2.28 bits per heavy atom. The molecule has 1 saturated heterocycles. The lowest BCUT2D eigenvalue weighted by Gasteiger charge is -2.17. The second kappa shape index (κ2) is 9.90. The average Bonchev–Trinajstić information content (AvgIpc) is 3.31. The van der Waals surface area contributed by atoms with Crippen LogP contribution in [0.25, 0.3) is 0 Å². The van der Waals surface area contributed by atoms with Crippen molar-refractivity contribution in [3.63, 3.8) is 0 Å². The molecule has 10 nitrogen and oxygen atoms in total. The molecule has 1 aliphatic rings. The second-order valence-electron chi connectivity index (χ2n) is 7.56. The number of benzene rings is 2. The number of ether oxygens (including phenoxy) is 1. The molecule has 1 aliphatic heterocycles. The van der Waals surface area contributed by atoms with Crippen LogP contribution in [0.3, 0.4) is 0 Å². The van der Waals surface area contributed by atoms with Crippen LogP contribution < -0.4 is 10.2 Å². The predicted octanol–water partition coefficient (Wildman–Crippen LogP) is 2.69. The predicted molar refractivity (Wildman–Crippen MR) is 118 cm³/mol. The number of nitro benzene ring substituents is 1. The highest BCUT2D eigenvalue weighted by atomic mass is 16.6. The maximum absolute atomic E-state index is 12.3. The molecule has 2 aromatic carbocycles. The number of amides is 2. The monoisotopic (exact) mass is 440 g/mol. The molecule has 1 fully saturated rings. The van der Waals surface area contributed by atoms with Crippen molar-refractivity contribution in [2.75, 3.05) is 44.0 Å². The second-order valence-corrected chi connectivity index (χ2v) is 7.56. The Bertz CT molecular complexity index is 1030. The van der Waals surface area contributed by atoms with Gasteiger partial charge in [-0.05, 0) is 49.2 Å². The summed E-state index contributed by atoms with van der Waals surface area (Å²) in [6.45, 7) is 0.906. The average molecular weight is 440 g/mol. The standard InChI is InChI=1S/C22H24N4O6/c1-24(2)21(28)15-5-8-17(9-6-15)23-20(27)14-32-22(29)16-7-10-18(19(13-16)26(30)31)25-11-3-4-12-25/h5-10,13H,3-4,11-12,14H2,1-2H3,(H,23,27). The van der Waals surface area contributed by atoms with Crippen molar-refractivity contribution in [3.05, 3.63) is 63.7 Å². The molecule has 2 amide bonds. The van der Waals surface area contributed by atoms with Crippen LogP contribution in [-0.2, 0) is 9.53 Å². The Balaban J connectivity index is 1.59. The summed E-state index contributed by atoms with van der Waals surface area (Å²) in [7, 11) is 3.28. The molecule has 0 spiro atoms. The maximum atomic E-state index is 12.3. The van der Waals surface area contributed by atoms with E-state index in [-0.39, 0.29) is 17.2 Å². The van der Waals surface area contributed by atoms with Crippen LogP contribution in [0.4, 0.5) is 17.1 Å². The van der Waals surface area contributed by atoms with Crippen LogP contribution in [0.5, 0.6) is 0 Å². The fraction of sp³-hybridized carbons (Fsp3) is 0.318. The van der Waals surface area contributed by atoms with Gasteiger partial charge in [-0.3, -0.25) is 19.7 Å². The summed E-state index contributed by atoms with van der Waals surface area (Å²) >= 11 is 0. The van der Waals surface area contributed by atoms with Crippen molar-refractivity contribution >= 4 is 34.8 Å². The summed E-state index contributed by atoms with van der Waals surface area (Å²) in [5, 5.41) is 14.0. The highest BCUT2D eigenvalue weighted by Crippen LogP contribution is 2.31. The molecule has 3 rings (SSSR count). The zero-order valence-corrected chi connectivity index (χ0v) is 17.9. The molecule has 0 radical (unpaired) electrons. The van der Waals surface area contributed by atoms with Crippen molar-refractivity contribution in [2.24, 2.45) is 0 Å². The van der Waals surface area contributed by atoms with E-state index in [1.165, 1.54) is 23.1 Å². The highest BCUT2D eigenvalue weighted by Gasteiger charge is 2.24. The normalized spacial score (nSPS) is 12.9. The van der Waals surface area contributed by atoms with E-state index in [1.54, 1.807) is 38.4 Å². The molecule has 1 N–H and O–H groups in total. The van der Waals surface area contributed by atoms with Gasteiger partial charge < -0.3 is 19.9 Å². The first-order valence-electron chi connectivity index (χ1n) is 10.1. The summed E-state index contributed by atoms with van der Waals surface area (Å²) in [5.41, 5.74) is 1.21. The lowest BCUT2D eigenvalue weighted by molar-refractivity contribution is -0.384. The number of hydrogen-bond donors (Lipinski definition) is 1. The van der Waals surface area contributed by atoms with Crippen molar-refractivity contribution in [3.8, 4) is 0 Å². The molecule has 0 aliphatic carbocycles. The first-order valence-corrected chi connectivity index (χ1v) is 10.1. The molecule has 2 aromatic rings. The van der Waals surface area contributed by atoms with Gasteiger partial charge in [-0.2, -0.15) is 0 Å². The van der Waals surface area contributed by atoms with E-state index in [2.05, 4.69) is 5.32 Å². The van der Waals surface area contributed by atoms with Crippen LogP contribution >= 0.6 is 0 Å². The topological polar surface area (TPSA) is 122 Å². The van der Waals surface area contributed by atoms with Gasteiger partial charge in [0.1, 0.15) is 5.69 Å². The Labute approximate surface area is 184 Å². The first kappa shape index (κ1) is 22.7. The van der Waals surface area contributed by atoms with Gasteiger partial charge in [-0.25, -0.2) is 4.79 Å². The molecule has 10 heteroatoms. The van der Waals surface area contributed by atoms with Gasteiger partial charge >= 0.3 is 5.97 Å². The molecule has 32 heavy (non-hydrogen) atoms. The van der Waals surface area contributed by atoms with Gasteiger partial charge in [-0.15, -0.1) is 0 Å². The molecule has 0 aromatic heterocycles. The Morgan fingerprint density at radius 2 is 1.69 bits per heavy atom. The number of carbonyl (C=O) groups is 3. The van der Waals surface area contributed by atoms with Crippen molar-refractivity contribution in [1.29, 1.82) is 0 Å². The minimum atomic E-state index is -0.830. The SMILES string of the molecule is CN(C)C(=O)c1ccc(NC(=O)COC(=O)c2ccc(N3CCCC3)c([N+](=O)[O-])c2)cc1. The van der Waals surface area contributed by atoms with Crippen LogP contribution in [0, 0.1) is 10.1 Å². The zero-order chi connectivity index (χ0) is 23.3. The van der Waals surface area contributed by atoms with Crippen LogP contribution in [0.1, 0.15) is 33.6 Å². The van der Waals surface area contributed by atoms with E-state index in [1.807, 2.05) is 4.90 Å². The zero-order valence-electron chi connectivity index (χ0n) is 17.9. The Morgan fingerprint density at radius 1 is 1.06 bits per heavy atom. The third-order valence-corrected chi connectivity index (χ3v) is 5.01. The van der Waals surface area contributed by atoms with Gasteiger partial charge in [-0.1, -0.05) is 0 Å². The van der Waals surface area contributed by atoms with Crippen LogP contribution in [0.15, 0.2) is 42.5 Å². The number of carbonyl (C=O) groups excluding carboxylic acids is 3. The lowest BCUT2D eigenvalue weighted by Crippen LogP contribution is -2.22. The third kappa shape index (κ3) is 5.39. The Hall–Kier alpha value is -3.95. The van der Waals surface area contributed by atoms with Gasteiger partial charge in [0.25, 0.3) is 17.5 Å². The number of hydrogen-bond acceptors (Lipinski definition) is 7. The van der Waals surface area contributed by atoms with Crippen LogP contribution in [0.2, 0.25) is 0 Å². The molecule has 1 heterocycles. The summed E-state index contributed by atoms with van der Waals surface area (Å²) in [6, 6.07) is 10.5. The van der Waals surface area contributed by atoms with E-state index in [0.29, 0.717) is 16.9 Å². The molecule has 0 saturated carbocycles. The van der Waals surface area contributed by atoms with Gasteiger partial charge in [0.15, 0.2) is 6.61 Å². The Kier molecular flexibility index (Phi) is 7.04.